The number of hydrogen-bond acceptors (Lipinski definition) is 5. The fourth-order valence-corrected chi connectivity index (χ4v) is 3.95. The summed E-state index contributed by atoms with van der Waals surface area (Å²) in [5.41, 5.74) is 3.70. The molecule has 0 unspecified atom stereocenters. The number of nitrogens with one attached hydrogen (secondary N) is 1. The van der Waals surface area contributed by atoms with E-state index in [1.165, 1.54) is 16.7 Å². The van der Waals surface area contributed by atoms with Gasteiger partial charge in [-0.05, 0) is 28.8 Å². The van der Waals surface area contributed by atoms with Crippen molar-refractivity contribution in [1.29, 1.82) is 0 Å². The van der Waals surface area contributed by atoms with Crippen LogP contribution in [0.2, 0.25) is 0 Å². The van der Waals surface area contributed by atoms with Gasteiger partial charge in [-0.1, -0.05) is 30.3 Å². The number of methoxy groups -OCH3 is 1. The van der Waals surface area contributed by atoms with Crippen molar-refractivity contribution in [1.82, 2.24) is 15.1 Å². The van der Waals surface area contributed by atoms with Gasteiger partial charge >= 0.3 is 0 Å². The molecular weight excluding hydrogens is 380 g/mol. The van der Waals surface area contributed by atoms with Crippen LogP contribution in [0.25, 0.3) is 0 Å². The molecule has 1 saturated heterocycles. The first-order chi connectivity index (χ1) is 14.8. The number of fused-ring (bicyclic) bond motifs is 1. The third-order valence-corrected chi connectivity index (χ3v) is 5.58. The van der Waals surface area contributed by atoms with Crippen LogP contribution in [0.1, 0.15) is 16.7 Å². The maximum atomic E-state index is 5.50. The smallest absolute Gasteiger partial charge is 0.231 e. The Labute approximate surface area is 178 Å². The molecule has 1 N–H and O–H groups in total. The van der Waals surface area contributed by atoms with Gasteiger partial charge in [0, 0.05) is 53.4 Å². The van der Waals surface area contributed by atoms with E-state index in [4.69, 9.17) is 14.2 Å². The van der Waals surface area contributed by atoms with Gasteiger partial charge < -0.3 is 24.4 Å². The molecule has 2 aromatic rings. The van der Waals surface area contributed by atoms with Gasteiger partial charge in [0.2, 0.25) is 6.79 Å². The molecule has 2 aliphatic heterocycles. The maximum absolute atomic E-state index is 5.50. The monoisotopic (exact) mass is 410 g/mol. The molecular formula is C23H30N4O3. The van der Waals surface area contributed by atoms with Gasteiger partial charge in [0.25, 0.3) is 0 Å². The molecule has 0 bridgehead atoms. The molecule has 0 amide bonds. The van der Waals surface area contributed by atoms with Crippen LogP contribution < -0.4 is 14.8 Å². The molecule has 7 nitrogen and oxygen atoms in total. The molecule has 0 atom stereocenters. The predicted molar refractivity (Wildman–Crippen MR) is 117 cm³/mol. The van der Waals surface area contributed by atoms with E-state index in [-0.39, 0.29) is 0 Å². The summed E-state index contributed by atoms with van der Waals surface area (Å²) in [6.07, 6.45) is 0. The van der Waals surface area contributed by atoms with E-state index in [9.17, 15) is 0 Å². The molecule has 7 heteroatoms. The Morgan fingerprint density at radius 1 is 1.03 bits per heavy atom. The largest absolute Gasteiger partial charge is 0.454 e. The minimum absolute atomic E-state index is 0.319. The number of hydrogen-bond donors (Lipinski definition) is 1. The molecule has 0 aliphatic carbocycles. The number of guanidine groups is 1. The van der Waals surface area contributed by atoms with Crippen molar-refractivity contribution in [3.05, 3.63) is 59.2 Å². The van der Waals surface area contributed by atoms with Gasteiger partial charge in [-0.25, -0.2) is 0 Å². The Hall–Kier alpha value is -2.77. The van der Waals surface area contributed by atoms with Gasteiger partial charge in [0.15, 0.2) is 17.5 Å². The summed E-state index contributed by atoms with van der Waals surface area (Å²) in [5.74, 6) is 2.64. The molecule has 1 fully saturated rings. The Balaban J connectivity index is 1.28. The van der Waals surface area contributed by atoms with Gasteiger partial charge in [-0.3, -0.25) is 9.89 Å². The average molecular weight is 411 g/mol. The van der Waals surface area contributed by atoms with Crippen LogP contribution >= 0.6 is 0 Å². The van der Waals surface area contributed by atoms with E-state index in [0.29, 0.717) is 13.4 Å². The van der Waals surface area contributed by atoms with Crippen LogP contribution in [0.3, 0.4) is 0 Å². The van der Waals surface area contributed by atoms with Crippen LogP contribution in [0.4, 0.5) is 0 Å². The van der Waals surface area contributed by atoms with Crippen molar-refractivity contribution in [2.24, 2.45) is 4.99 Å². The first-order valence-corrected chi connectivity index (χ1v) is 10.4. The van der Waals surface area contributed by atoms with E-state index >= 15 is 0 Å². The molecule has 4 rings (SSSR count). The molecule has 2 aliphatic rings. The zero-order valence-corrected chi connectivity index (χ0v) is 17.8. The first kappa shape index (κ1) is 20.5. The fraction of sp³-hybridized carbons (Fsp3) is 0.435. The summed E-state index contributed by atoms with van der Waals surface area (Å²) in [5, 5.41) is 3.52. The van der Waals surface area contributed by atoms with Crippen molar-refractivity contribution >= 4 is 5.96 Å². The number of ether oxygens (including phenoxy) is 3. The molecule has 0 radical (unpaired) electrons. The van der Waals surface area contributed by atoms with Gasteiger partial charge in [-0.2, -0.15) is 0 Å². The Bertz CT molecular complexity index is 879. The molecule has 0 spiro atoms. The standard InChI is InChI=1S/C23H30N4O3/c1-24-23(25-14-19-5-3-4-6-20(19)16-28-2)27-11-9-26(10-12-27)15-18-7-8-21-22(13-18)30-17-29-21/h3-8,13H,9-12,14-17H2,1-2H3,(H,24,25). The topological polar surface area (TPSA) is 58.6 Å². The third kappa shape index (κ3) is 4.86. The lowest BCUT2D eigenvalue weighted by molar-refractivity contribution is 0.171. The summed E-state index contributed by atoms with van der Waals surface area (Å²) < 4.78 is 16.2. The van der Waals surface area contributed by atoms with Crippen LogP contribution in [0.15, 0.2) is 47.5 Å². The molecule has 0 aromatic heterocycles. The Morgan fingerprint density at radius 3 is 2.57 bits per heavy atom. The van der Waals surface area contributed by atoms with E-state index in [0.717, 1.165) is 56.7 Å². The minimum Gasteiger partial charge on any atom is -0.454 e. The van der Waals surface area contributed by atoms with Gasteiger partial charge in [-0.15, -0.1) is 0 Å². The van der Waals surface area contributed by atoms with Crippen molar-refractivity contribution in [3.8, 4) is 11.5 Å². The maximum Gasteiger partial charge on any atom is 0.231 e. The molecule has 2 aromatic carbocycles. The predicted octanol–water partition coefficient (Wildman–Crippen LogP) is 2.45. The summed E-state index contributed by atoms with van der Waals surface area (Å²) in [6.45, 7) is 6.48. The van der Waals surface area contributed by atoms with Gasteiger partial charge in [0.05, 0.1) is 6.61 Å². The highest BCUT2D eigenvalue weighted by Gasteiger charge is 2.21. The van der Waals surface area contributed by atoms with E-state index in [1.807, 2.05) is 19.2 Å². The summed E-state index contributed by atoms with van der Waals surface area (Å²) in [7, 11) is 3.58. The summed E-state index contributed by atoms with van der Waals surface area (Å²) >= 11 is 0. The molecule has 2 heterocycles. The van der Waals surface area contributed by atoms with Gasteiger partial charge in [0.1, 0.15) is 0 Å². The zero-order valence-electron chi connectivity index (χ0n) is 17.8. The van der Waals surface area contributed by atoms with Crippen molar-refractivity contribution in [2.45, 2.75) is 19.7 Å². The van der Waals surface area contributed by atoms with Crippen LogP contribution in [0, 0.1) is 0 Å². The van der Waals surface area contributed by atoms with Crippen LogP contribution in [0.5, 0.6) is 11.5 Å². The van der Waals surface area contributed by atoms with Crippen molar-refractivity contribution < 1.29 is 14.2 Å². The minimum atomic E-state index is 0.319. The number of benzene rings is 2. The lowest BCUT2D eigenvalue weighted by Gasteiger charge is -2.36. The highest BCUT2D eigenvalue weighted by Crippen LogP contribution is 2.32. The normalized spacial score (nSPS) is 16.7. The molecule has 30 heavy (non-hydrogen) atoms. The highest BCUT2D eigenvalue weighted by molar-refractivity contribution is 5.80. The second-order valence-electron chi connectivity index (χ2n) is 7.55. The number of nitrogens with zero attached hydrogens (tertiary/aromatic N) is 3. The lowest BCUT2D eigenvalue weighted by Crippen LogP contribution is -2.52. The molecule has 160 valence electrons. The number of aliphatic imine (C=N–C) groups is 1. The first-order valence-electron chi connectivity index (χ1n) is 10.4. The quantitative estimate of drug-likeness (QED) is 0.583. The van der Waals surface area contributed by atoms with E-state index in [2.05, 4.69) is 50.4 Å². The third-order valence-electron chi connectivity index (χ3n) is 5.58. The zero-order chi connectivity index (χ0) is 20.8. The molecule has 0 saturated carbocycles. The SMILES string of the molecule is CN=C(NCc1ccccc1COC)N1CCN(Cc2ccc3c(c2)OCO3)CC1. The Kier molecular flexibility index (Phi) is 6.71. The van der Waals surface area contributed by atoms with Crippen molar-refractivity contribution in [2.75, 3.05) is 47.1 Å². The second-order valence-corrected chi connectivity index (χ2v) is 7.55. The number of piperazine rings is 1. The Morgan fingerprint density at radius 2 is 1.80 bits per heavy atom. The summed E-state index contributed by atoms with van der Waals surface area (Å²) in [4.78, 5) is 9.30. The van der Waals surface area contributed by atoms with Crippen molar-refractivity contribution in [3.63, 3.8) is 0 Å². The van der Waals surface area contributed by atoms with Crippen LogP contribution in [-0.2, 0) is 24.4 Å². The van der Waals surface area contributed by atoms with Crippen LogP contribution in [-0.4, -0.2) is 62.9 Å². The van der Waals surface area contributed by atoms with E-state index in [1.54, 1.807) is 7.11 Å². The van der Waals surface area contributed by atoms with E-state index < -0.39 is 0 Å². The highest BCUT2D eigenvalue weighted by atomic mass is 16.7. The lowest BCUT2D eigenvalue weighted by atomic mass is 10.1. The second kappa shape index (κ2) is 9.82. The average Bonchev–Trinajstić information content (AvgIpc) is 3.24. The fourth-order valence-electron chi connectivity index (χ4n) is 3.95. The summed E-state index contributed by atoms with van der Waals surface area (Å²) in [6, 6.07) is 14.6. The number of rotatable bonds is 6.